The second-order valence-electron chi connectivity index (χ2n) is 4.67. The van der Waals surface area contributed by atoms with Gasteiger partial charge in [0.05, 0.1) is 11.6 Å². The molecule has 16 heavy (non-hydrogen) atoms. The molecule has 1 aromatic carbocycles. The van der Waals surface area contributed by atoms with E-state index >= 15 is 0 Å². The van der Waals surface area contributed by atoms with Crippen LogP contribution in [-0.2, 0) is 0 Å². The van der Waals surface area contributed by atoms with Gasteiger partial charge in [0, 0.05) is 0 Å². The van der Waals surface area contributed by atoms with Gasteiger partial charge in [-0.2, -0.15) is 5.26 Å². The highest BCUT2D eigenvalue weighted by molar-refractivity contribution is 5.34. The molecular weight excluding hydrogens is 196 g/mol. The highest BCUT2D eigenvalue weighted by atomic mass is 15.1. The molecule has 1 heterocycles. The number of benzene rings is 1. The highest BCUT2D eigenvalue weighted by Crippen LogP contribution is 2.27. The van der Waals surface area contributed by atoms with Crippen LogP contribution in [0.2, 0.25) is 0 Å². The predicted molar refractivity (Wildman–Crippen MR) is 65.2 cm³/mol. The van der Waals surface area contributed by atoms with Crippen molar-refractivity contribution < 1.29 is 0 Å². The van der Waals surface area contributed by atoms with Gasteiger partial charge in [0.2, 0.25) is 0 Å². The van der Waals surface area contributed by atoms with Crippen molar-refractivity contribution in [2.45, 2.75) is 25.2 Å². The summed E-state index contributed by atoms with van der Waals surface area (Å²) in [6, 6.07) is 10.3. The Balaban J connectivity index is 2.14. The van der Waals surface area contributed by atoms with Crippen LogP contribution in [0.1, 0.15) is 36.3 Å². The third-order valence-corrected chi connectivity index (χ3v) is 3.44. The molecule has 1 aromatic rings. The number of nitriles is 1. The summed E-state index contributed by atoms with van der Waals surface area (Å²) in [5.41, 5.74) is 2.13. The Labute approximate surface area is 97.5 Å². The van der Waals surface area contributed by atoms with Gasteiger partial charge in [-0.25, -0.2) is 0 Å². The molecule has 1 atom stereocenters. The molecule has 0 spiro atoms. The van der Waals surface area contributed by atoms with Crippen LogP contribution in [0, 0.1) is 11.3 Å². The molecule has 84 valence electrons. The topological polar surface area (TPSA) is 27.0 Å². The Hall–Kier alpha value is -1.33. The lowest BCUT2D eigenvalue weighted by Crippen LogP contribution is -2.18. The quantitative estimate of drug-likeness (QED) is 0.718. The number of hydrogen-bond donors (Lipinski definition) is 0. The van der Waals surface area contributed by atoms with Gasteiger partial charge in [0.25, 0.3) is 0 Å². The predicted octanol–water partition coefficient (Wildman–Crippen LogP) is 2.76. The van der Waals surface area contributed by atoms with E-state index < -0.39 is 0 Å². The molecule has 2 nitrogen and oxygen atoms in total. The fourth-order valence-corrected chi connectivity index (χ4v) is 2.44. The molecule has 2 rings (SSSR count). The van der Waals surface area contributed by atoms with E-state index in [0.29, 0.717) is 5.92 Å². The monoisotopic (exact) mass is 214 g/mol. The maximum absolute atomic E-state index is 8.90. The summed E-state index contributed by atoms with van der Waals surface area (Å²) in [4.78, 5) is 2.40. The second-order valence-corrected chi connectivity index (χ2v) is 4.67. The molecule has 0 saturated carbocycles. The fraction of sp³-hybridized carbons (Fsp3) is 0.500. The first-order chi connectivity index (χ1) is 7.79. The van der Waals surface area contributed by atoms with Crippen LogP contribution in [-0.4, -0.2) is 25.0 Å². The summed E-state index contributed by atoms with van der Waals surface area (Å²) in [6.07, 6.45) is 3.72. The summed E-state index contributed by atoms with van der Waals surface area (Å²) < 4.78 is 0. The van der Waals surface area contributed by atoms with Gasteiger partial charge in [-0.05, 0) is 63.0 Å². The number of nitrogens with zero attached hydrogens (tertiary/aromatic N) is 2. The number of likely N-dealkylation sites (tertiary alicyclic amines) is 1. The number of rotatable bonds is 1. The van der Waals surface area contributed by atoms with Crippen molar-refractivity contribution in [3.63, 3.8) is 0 Å². The van der Waals surface area contributed by atoms with Gasteiger partial charge in [-0.15, -0.1) is 0 Å². The van der Waals surface area contributed by atoms with Crippen molar-refractivity contribution >= 4 is 0 Å². The van der Waals surface area contributed by atoms with E-state index in [1.807, 2.05) is 12.1 Å². The van der Waals surface area contributed by atoms with Crippen LogP contribution >= 0.6 is 0 Å². The lowest BCUT2D eigenvalue weighted by atomic mass is 9.91. The first kappa shape index (κ1) is 11.2. The minimum atomic E-state index is 0.637. The lowest BCUT2D eigenvalue weighted by Gasteiger charge is -2.15. The molecule has 1 fully saturated rings. The van der Waals surface area contributed by atoms with Crippen LogP contribution in [0.3, 0.4) is 0 Å². The Kier molecular flexibility index (Phi) is 3.58. The average molecular weight is 214 g/mol. The second kappa shape index (κ2) is 5.14. The number of hydrogen-bond acceptors (Lipinski definition) is 2. The molecule has 2 heteroatoms. The molecule has 0 aromatic heterocycles. The van der Waals surface area contributed by atoms with Gasteiger partial charge in [-0.1, -0.05) is 12.1 Å². The minimum absolute atomic E-state index is 0.637. The third kappa shape index (κ3) is 2.62. The smallest absolute Gasteiger partial charge is 0.0991 e. The normalized spacial score (nSPS) is 22.4. The zero-order valence-electron chi connectivity index (χ0n) is 9.82. The molecular formula is C14H18N2. The maximum atomic E-state index is 8.90. The maximum Gasteiger partial charge on any atom is 0.0991 e. The van der Waals surface area contributed by atoms with E-state index in [4.69, 9.17) is 5.26 Å². The van der Waals surface area contributed by atoms with E-state index in [0.717, 1.165) is 5.56 Å². The van der Waals surface area contributed by atoms with E-state index in [9.17, 15) is 0 Å². The standard InChI is InChI=1S/C14H18N2/c1-16-8-3-6-13(7-9-16)14-5-2-4-12(10-14)11-15/h2,4-5,10,13H,3,6-9H2,1H3. The van der Waals surface area contributed by atoms with Crippen molar-refractivity contribution in [3.05, 3.63) is 35.4 Å². The zero-order chi connectivity index (χ0) is 11.4. The molecule has 1 aliphatic rings. The van der Waals surface area contributed by atoms with E-state index in [2.05, 4.69) is 30.1 Å². The summed E-state index contributed by atoms with van der Waals surface area (Å²) >= 11 is 0. The summed E-state index contributed by atoms with van der Waals surface area (Å²) in [5, 5.41) is 8.90. The van der Waals surface area contributed by atoms with Gasteiger partial charge >= 0.3 is 0 Å². The van der Waals surface area contributed by atoms with Gasteiger partial charge in [0.15, 0.2) is 0 Å². The van der Waals surface area contributed by atoms with E-state index in [1.54, 1.807) is 0 Å². The Morgan fingerprint density at radius 1 is 1.31 bits per heavy atom. The van der Waals surface area contributed by atoms with Crippen molar-refractivity contribution in [1.29, 1.82) is 5.26 Å². The molecule has 0 amide bonds. The van der Waals surface area contributed by atoms with Crippen LogP contribution < -0.4 is 0 Å². The van der Waals surface area contributed by atoms with Gasteiger partial charge < -0.3 is 4.90 Å². The molecule has 1 aliphatic heterocycles. The highest BCUT2D eigenvalue weighted by Gasteiger charge is 2.16. The van der Waals surface area contributed by atoms with Crippen molar-refractivity contribution in [2.75, 3.05) is 20.1 Å². The van der Waals surface area contributed by atoms with Crippen molar-refractivity contribution in [2.24, 2.45) is 0 Å². The summed E-state index contributed by atoms with van der Waals surface area (Å²) in [5.74, 6) is 0.637. The Morgan fingerprint density at radius 3 is 3.00 bits per heavy atom. The van der Waals surface area contributed by atoms with E-state index in [-0.39, 0.29) is 0 Å². The van der Waals surface area contributed by atoms with E-state index in [1.165, 1.54) is 37.9 Å². The van der Waals surface area contributed by atoms with Crippen molar-refractivity contribution in [3.8, 4) is 6.07 Å². The molecule has 0 N–H and O–H groups in total. The molecule has 0 aliphatic carbocycles. The van der Waals surface area contributed by atoms with Crippen LogP contribution in [0.15, 0.2) is 24.3 Å². The van der Waals surface area contributed by atoms with Crippen molar-refractivity contribution in [1.82, 2.24) is 4.90 Å². The Bertz CT molecular complexity index is 392. The first-order valence-corrected chi connectivity index (χ1v) is 5.98. The summed E-state index contributed by atoms with van der Waals surface area (Å²) in [6.45, 7) is 2.37. The first-order valence-electron chi connectivity index (χ1n) is 5.98. The fourth-order valence-electron chi connectivity index (χ4n) is 2.44. The van der Waals surface area contributed by atoms with Gasteiger partial charge in [0.1, 0.15) is 0 Å². The molecule has 0 bridgehead atoms. The largest absolute Gasteiger partial charge is 0.306 e. The van der Waals surface area contributed by atoms with Gasteiger partial charge in [-0.3, -0.25) is 0 Å². The van der Waals surface area contributed by atoms with Crippen LogP contribution in [0.5, 0.6) is 0 Å². The van der Waals surface area contributed by atoms with Crippen LogP contribution in [0.25, 0.3) is 0 Å². The Morgan fingerprint density at radius 2 is 2.19 bits per heavy atom. The zero-order valence-corrected chi connectivity index (χ0v) is 9.82. The minimum Gasteiger partial charge on any atom is -0.306 e. The third-order valence-electron chi connectivity index (χ3n) is 3.44. The SMILES string of the molecule is CN1CCCC(c2cccc(C#N)c2)CC1. The molecule has 1 saturated heterocycles. The van der Waals surface area contributed by atoms with Crippen LogP contribution in [0.4, 0.5) is 0 Å². The molecule has 0 radical (unpaired) electrons. The summed E-state index contributed by atoms with van der Waals surface area (Å²) in [7, 11) is 2.19. The lowest BCUT2D eigenvalue weighted by molar-refractivity contribution is 0.347. The average Bonchev–Trinajstić information content (AvgIpc) is 2.54. The molecule has 1 unspecified atom stereocenters.